The normalized spacial score (nSPS) is 33.9. The maximum Gasteiger partial charge on any atom is 0.228 e. The first-order valence-electron chi connectivity index (χ1n) is 11.9. The first kappa shape index (κ1) is 18.4. The van der Waals surface area contributed by atoms with Crippen LogP contribution in [0.3, 0.4) is 0 Å². The molecule has 30 heavy (non-hydrogen) atoms. The lowest BCUT2D eigenvalue weighted by atomic mass is 10.0. The molecule has 4 aliphatic carbocycles. The first-order chi connectivity index (χ1) is 14.7. The summed E-state index contributed by atoms with van der Waals surface area (Å²) in [6, 6.07) is 12.0. The number of nitrogens with one attached hydrogen (secondary N) is 2. The van der Waals surface area contributed by atoms with Crippen molar-refractivity contribution in [2.24, 2.45) is 35.5 Å². The summed E-state index contributed by atoms with van der Waals surface area (Å²) in [6.07, 6.45) is 9.90. The minimum atomic E-state index is 0.177. The summed E-state index contributed by atoms with van der Waals surface area (Å²) >= 11 is 0. The second kappa shape index (κ2) is 7.11. The summed E-state index contributed by atoms with van der Waals surface area (Å²) in [5, 5.41) is 8.42. The minimum Gasteiger partial charge on any atom is -0.325 e. The fourth-order valence-corrected chi connectivity index (χ4v) is 6.72. The predicted molar refractivity (Wildman–Crippen MR) is 119 cm³/mol. The molecular formula is C26H30N2O2. The summed E-state index contributed by atoms with van der Waals surface area (Å²) in [5.41, 5.74) is 1.72. The van der Waals surface area contributed by atoms with Gasteiger partial charge in [0, 0.05) is 34.0 Å². The fraction of sp³-hybridized carbons (Fsp3) is 0.538. The molecule has 0 spiro atoms. The highest BCUT2D eigenvalue weighted by Crippen LogP contribution is 2.56. The van der Waals surface area contributed by atoms with Crippen LogP contribution in [0.5, 0.6) is 0 Å². The zero-order valence-electron chi connectivity index (χ0n) is 17.4. The Morgan fingerprint density at radius 2 is 0.967 bits per heavy atom. The number of rotatable bonds is 4. The molecule has 4 atom stereocenters. The van der Waals surface area contributed by atoms with Gasteiger partial charge in [-0.25, -0.2) is 0 Å². The summed E-state index contributed by atoms with van der Waals surface area (Å²) in [4.78, 5) is 25.8. The van der Waals surface area contributed by atoms with E-state index in [2.05, 4.69) is 10.6 Å². The number of amides is 2. The van der Waals surface area contributed by atoms with Crippen LogP contribution < -0.4 is 10.6 Å². The van der Waals surface area contributed by atoms with Gasteiger partial charge in [-0.3, -0.25) is 9.59 Å². The highest BCUT2D eigenvalue weighted by atomic mass is 16.2. The number of carbonyl (C=O) groups is 2. The van der Waals surface area contributed by atoms with Crippen molar-refractivity contribution in [1.82, 2.24) is 0 Å². The number of hydrogen-bond donors (Lipinski definition) is 2. The minimum absolute atomic E-state index is 0.177. The van der Waals surface area contributed by atoms with Gasteiger partial charge in [-0.05, 0) is 61.5 Å². The molecular weight excluding hydrogens is 372 g/mol. The Bertz CT molecular complexity index is 910. The van der Waals surface area contributed by atoms with Crippen LogP contribution >= 0.6 is 0 Å². The third-order valence-electron chi connectivity index (χ3n) is 8.36. The lowest BCUT2D eigenvalue weighted by Crippen LogP contribution is -2.17. The van der Waals surface area contributed by atoms with E-state index in [0.29, 0.717) is 23.7 Å². The molecule has 0 unspecified atom stereocenters. The van der Waals surface area contributed by atoms with Gasteiger partial charge in [0.2, 0.25) is 11.8 Å². The Balaban J connectivity index is 1.21. The zero-order chi connectivity index (χ0) is 20.2. The van der Waals surface area contributed by atoms with Crippen LogP contribution in [-0.4, -0.2) is 11.8 Å². The Labute approximate surface area is 177 Å². The average Bonchev–Trinajstić information content (AvgIpc) is 3.67. The van der Waals surface area contributed by atoms with Crippen molar-refractivity contribution < 1.29 is 9.59 Å². The smallest absolute Gasteiger partial charge is 0.228 e. The van der Waals surface area contributed by atoms with E-state index in [1.54, 1.807) is 0 Å². The van der Waals surface area contributed by atoms with Crippen LogP contribution in [-0.2, 0) is 9.59 Å². The first-order valence-corrected chi connectivity index (χ1v) is 11.9. The summed E-state index contributed by atoms with van der Waals surface area (Å²) < 4.78 is 0. The molecule has 0 aliphatic heterocycles. The van der Waals surface area contributed by atoms with Gasteiger partial charge >= 0.3 is 0 Å². The number of carbonyl (C=O) groups excluding carboxylic acids is 2. The van der Waals surface area contributed by atoms with Gasteiger partial charge in [0.15, 0.2) is 0 Å². The van der Waals surface area contributed by atoms with Crippen LogP contribution in [0.1, 0.15) is 51.4 Å². The molecule has 0 saturated heterocycles. The maximum atomic E-state index is 12.9. The van der Waals surface area contributed by atoms with E-state index < -0.39 is 0 Å². The molecule has 0 heterocycles. The maximum absolute atomic E-state index is 12.9. The van der Waals surface area contributed by atoms with Gasteiger partial charge in [-0.1, -0.05) is 49.9 Å². The number of hydrogen-bond acceptors (Lipinski definition) is 2. The van der Waals surface area contributed by atoms with Crippen LogP contribution in [0.4, 0.5) is 11.4 Å². The summed E-state index contributed by atoms with van der Waals surface area (Å²) in [6.45, 7) is 0. The molecule has 4 fully saturated rings. The summed E-state index contributed by atoms with van der Waals surface area (Å²) in [7, 11) is 0. The lowest BCUT2D eigenvalue weighted by molar-refractivity contribution is -0.118. The van der Waals surface area contributed by atoms with Gasteiger partial charge < -0.3 is 10.6 Å². The van der Waals surface area contributed by atoms with E-state index in [4.69, 9.17) is 0 Å². The van der Waals surface area contributed by atoms with E-state index in [0.717, 1.165) is 22.1 Å². The van der Waals surface area contributed by atoms with Crippen molar-refractivity contribution in [3.63, 3.8) is 0 Å². The molecule has 2 amide bonds. The van der Waals surface area contributed by atoms with Crippen LogP contribution in [0.2, 0.25) is 0 Å². The number of benzene rings is 2. The van der Waals surface area contributed by atoms with Crippen molar-refractivity contribution >= 4 is 34.0 Å². The quantitative estimate of drug-likeness (QED) is 0.700. The molecule has 156 valence electrons. The van der Waals surface area contributed by atoms with E-state index in [9.17, 15) is 9.59 Å². The second-order valence-electron chi connectivity index (χ2n) is 9.96. The molecule has 4 heteroatoms. The monoisotopic (exact) mass is 402 g/mol. The third-order valence-corrected chi connectivity index (χ3v) is 8.36. The highest BCUT2D eigenvalue weighted by Gasteiger charge is 2.55. The van der Waals surface area contributed by atoms with Gasteiger partial charge in [0.25, 0.3) is 0 Å². The molecule has 4 nitrogen and oxygen atoms in total. The predicted octanol–water partition coefficient (Wildman–Crippen LogP) is 5.59. The van der Waals surface area contributed by atoms with Crippen molar-refractivity contribution in [2.45, 2.75) is 51.4 Å². The topological polar surface area (TPSA) is 58.2 Å². The van der Waals surface area contributed by atoms with Crippen molar-refractivity contribution in [3.8, 4) is 0 Å². The van der Waals surface area contributed by atoms with Crippen molar-refractivity contribution in [2.75, 3.05) is 10.6 Å². The standard InChI is InChI=1S/C26H30N2O2/c29-25(23-17-7-1-2-8-18(17)23)27-21-13-5-12-16-15(21)11-6-14-22(16)28-26(30)24-19-9-3-4-10-20(19)24/h5-6,11-14,17-20,23-24H,1-4,7-10H2,(H,27,29)(H,28,30)/t17-,18-,19-,20-/m1/s1. The molecule has 4 saturated carbocycles. The molecule has 4 aliphatic rings. The highest BCUT2D eigenvalue weighted by molar-refractivity contribution is 6.10. The molecule has 2 N–H and O–H groups in total. The van der Waals surface area contributed by atoms with E-state index in [-0.39, 0.29) is 23.7 Å². The second-order valence-corrected chi connectivity index (χ2v) is 9.96. The van der Waals surface area contributed by atoms with E-state index in [1.807, 2.05) is 36.4 Å². The number of fused-ring (bicyclic) bond motifs is 3. The number of anilines is 2. The Morgan fingerprint density at radius 3 is 1.33 bits per heavy atom. The van der Waals surface area contributed by atoms with Gasteiger partial charge in [0.1, 0.15) is 0 Å². The van der Waals surface area contributed by atoms with Crippen LogP contribution in [0, 0.1) is 35.5 Å². The van der Waals surface area contributed by atoms with Crippen LogP contribution in [0.15, 0.2) is 36.4 Å². The Hall–Kier alpha value is -2.36. The largest absolute Gasteiger partial charge is 0.325 e. The Kier molecular flexibility index (Phi) is 4.36. The molecule has 2 aromatic carbocycles. The molecule has 6 rings (SSSR count). The van der Waals surface area contributed by atoms with Crippen LogP contribution in [0.25, 0.3) is 10.8 Å². The van der Waals surface area contributed by atoms with Crippen molar-refractivity contribution in [3.05, 3.63) is 36.4 Å². The van der Waals surface area contributed by atoms with Gasteiger partial charge in [0.05, 0.1) is 0 Å². The Morgan fingerprint density at radius 1 is 0.600 bits per heavy atom. The van der Waals surface area contributed by atoms with E-state index in [1.165, 1.54) is 51.4 Å². The molecule has 2 aromatic rings. The third kappa shape index (κ3) is 3.03. The molecule has 0 bridgehead atoms. The average molecular weight is 403 g/mol. The van der Waals surface area contributed by atoms with Gasteiger partial charge in [-0.15, -0.1) is 0 Å². The molecule has 0 radical (unpaired) electrons. The van der Waals surface area contributed by atoms with Crippen molar-refractivity contribution in [1.29, 1.82) is 0 Å². The summed E-state index contributed by atoms with van der Waals surface area (Å²) in [5.74, 6) is 3.16. The van der Waals surface area contributed by atoms with Gasteiger partial charge in [-0.2, -0.15) is 0 Å². The lowest BCUT2D eigenvalue weighted by Gasteiger charge is -2.13. The fourth-order valence-electron chi connectivity index (χ4n) is 6.72. The SMILES string of the molecule is O=C(Nc1cccc2c(NC(=O)C3[C@@H]4CCCC[C@@H]34)cccc12)C1[C@@H]2CCCC[C@@H]12. The van der Waals surface area contributed by atoms with E-state index >= 15 is 0 Å². The molecule has 0 aromatic heterocycles. The zero-order valence-corrected chi connectivity index (χ0v) is 17.4.